The van der Waals surface area contributed by atoms with Gasteiger partial charge < -0.3 is 18.9 Å². The van der Waals surface area contributed by atoms with Crippen LogP contribution in [0, 0.1) is 0 Å². The van der Waals surface area contributed by atoms with E-state index in [4.69, 9.17) is 18.9 Å². The second-order valence-electron chi connectivity index (χ2n) is 10.4. The highest BCUT2D eigenvalue weighted by molar-refractivity contribution is 5.97. The molecule has 6 rings (SSSR count). The molecule has 0 aliphatic rings. The first kappa shape index (κ1) is 28.6. The molecule has 6 aromatic carbocycles. The van der Waals surface area contributed by atoms with Crippen LogP contribution in [0.2, 0.25) is 0 Å². The molecule has 0 N–H and O–H groups in total. The number of benzene rings is 6. The zero-order chi connectivity index (χ0) is 30.5. The van der Waals surface area contributed by atoms with Gasteiger partial charge in [0.2, 0.25) is 0 Å². The summed E-state index contributed by atoms with van der Waals surface area (Å²) in [5.74, 6) is 2.88. The maximum Gasteiger partial charge on any atom is 0.168 e. The molecular formula is C40H34O4. The fourth-order valence-electron chi connectivity index (χ4n) is 5.78. The smallest absolute Gasteiger partial charge is 0.168 e. The molecule has 0 atom stereocenters. The zero-order valence-corrected chi connectivity index (χ0v) is 25.3. The van der Waals surface area contributed by atoms with Gasteiger partial charge in [0.1, 0.15) is 11.5 Å². The van der Waals surface area contributed by atoms with Crippen molar-refractivity contribution in [1.29, 1.82) is 0 Å². The van der Waals surface area contributed by atoms with Crippen LogP contribution in [-0.2, 0) is 0 Å². The first-order valence-corrected chi connectivity index (χ1v) is 14.5. The van der Waals surface area contributed by atoms with Crippen molar-refractivity contribution in [2.45, 2.75) is 0 Å². The Kier molecular flexibility index (Phi) is 8.33. The standard InChI is InChI=1S/C40H34O4/c1-41-32-23-24-35(38(26-32)43-3)36-17-9-15-33(29-21-19-28(20-22-29)27-11-6-5-7-12-27)39(36)31-14-8-13-30(25-31)34-16-10-18-37(42-2)40(34)44-4/h5-26H,1-4H3. The summed E-state index contributed by atoms with van der Waals surface area (Å²) in [4.78, 5) is 0. The highest BCUT2D eigenvalue weighted by Crippen LogP contribution is 2.46. The lowest BCUT2D eigenvalue weighted by molar-refractivity contribution is 0.356. The molecule has 4 nitrogen and oxygen atoms in total. The van der Waals surface area contributed by atoms with E-state index >= 15 is 0 Å². The van der Waals surface area contributed by atoms with Crippen molar-refractivity contribution in [3.8, 4) is 78.6 Å². The predicted octanol–water partition coefficient (Wildman–Crippen LogP) is 10.1. The lowest BCUT2D eigenvalue weighted by atomic mass is 9.86. The first-order valence-electron chi connectivity index (χ1n) is 14.5. The van der Waals surface area contributed by atoms with Gasteiger partial charge in [0.25, 0.3) is 0 Å². The molecule has 4 heteroatoms. The third kappa shape index (κ3) is 5.50. The minimum Gasteiger partial charge on any atom is -0.497 e. The first-order chi connectivity index (χ1) is 21.6. The predicted molar refractivity (Wildman–Crippen MR) is 180 cm³/mol. The summed E-state index contributed by atoms with van der Waals surface area (Å²) in [7, 11) is 6.69. The summed E-state index contributed by atoms with van der Waals surface area (Å²) >= 11 is 0. The summed E-state index contributed by atoms with van der Waals surface area (Å²) < 4.78 is 22.8. The Morgan fingerprint density at radius 2 is 0.955 bits per heavy atom. The minimum atomic E-state index is 0.693. The van der Waals surface area contributed by atoms with Crippen molar-refractivity contribution in [2.24, 2.45) is 0 Å². The van der Waals surface area contributed by atoms with Crippen LogP contribution in [0.25, 0.3) is 55.6 Å². The maximum absolute atomic E-state index is 5.88. The fourth-order valence-corrected chi connectivity index (χ4v) is 5.78. The van der Waals surface area contributed by atoms with Crippen LogP contribution in [0.4, 0.5) is 0 Å². The lowest BCUT2D eigenvalue weighted by Crippen LogP contribution is -1.95. The van der Waals surface area contributed by atoms with E-state index in [1.165, 1.54) is 11.1 Å². The second kappa shape index (κ2) is 12.8. The Morgan fingerprint density at radius 1 is 0.341 bits per heavy atom. The summed E-state index contributed by atoms with van der Waals surface area (Å²) in [6.45, 7) is 0. The Hall–Kier alpha value is -5.48. The van der Waals surface area contributed by atoms with Gasteiger partial charge in [-0.05, 0) is 68.8 Å². The van der Waals surface area contributed by atoms with Gasteiger partial charge in [-0.1, -0.05) is 103 Å². The van der Waals surface area contributed by atoms with Gasteiger partial charge in [-0.15, -0.1) is 0 Å². The molecular weight excluding hydrogens is 544 g/mol. The van der Waals surface area contributed by atoms with Gasteiger partial charge in [-0.25, -0.2) is 0 Å². The van der Waals surface area contributed by atoms with E-state index in [-0.39, 0.29) is 0 Å². The lowest BCUT2D eigenvalue weighted by Gasteiger charge is -2.19. The SMILES string of the molecule is COc1ccc(-c2cccc(-c3ccc(-c4ccccc4)cc3)c2-c2cccc(-c3cccc(OC)c3OC)c2)c(OC)c1. The minimum absolute atomic E-state index is 0.693. The average Bonchev–Trinajstić information content (AvgIpc) is 3.11. The molecule has 0 spiro atoms. The second-order valence-corrected chi connectivity index (χ2v) is 10.4. The molecule has 0 fully saturated rings. The van der Waals surface area contributed by atoms with Crippen molar-refractivity contribution in [3.05, 3.63) is 133 Å². The van der Waals surface area contributed by atoms with Crippen molar-refractivity contribution in [2.75, 3.05) is 28.4 Å². The number of rotatable bonds is 9. The Bertz CT molecular complexity index is 1890. The molecule has 0 bridgehead atoms. The van der Waals surface area contributed by atoms with Crippen LogP contribution >= 0.6 is 0 Å². The van der Waals surface area contributed by atoms with Crippen molar-refractivity contribution >= 4 is 0 Å². The molecule has 0 aliphatic carbocycles. The highest BCUT2D eigenvalue weighted by atomic mass is 16.5. The summed E-state index contributed by atoms with van der Waals surface area (Å²) in [6, 6.07) is 46.2. The maximum atomic E-state index is 5.88. The number of hydrogen-bond acceptors (Lipinski definition) is 4. The molecule has 0 radical (unpaired) electrons. The third-order valence-electron chi connectivity index (χ3n) is 7.93. The van der Waals surface area contributed by atoms with E-state index in [9.17, 15) is 0 Å². The molecule has 0 amide bonds. The van der Waals surface area contributed by atoms with Crippen LogP contribution in [0.3, 0.4) is 0 Å². The molecule has 218 valence electrons. The number of methoxy groups -OCH3 is 4. The van der Waals surface area contributed by atoms with Crippen molar-refractivity contribution in [1.82, 2.24) is 0 Å². The van der Waals surface area contributed by atoms with E-state index in [0.717, 1.165) is 56.0 Å². The molecule has 0 unspecified atom stereocenters. The number of ether oxygens (including phenoxy) is 4. The number of hydrogen-bond donors (Lipinski definition) is 0. The van der Waals surface area contributed by atoms with Crippen molar-refractivity contribution < 1.29 is 18.9 Å². The molecule has 0 heterocycles. The van der Waals surface area contributed by atoms with Crippen LogP contribution in [0.15, 0.2) is 133 Å². The summed E-state index contributed by atoms with van der Waals surface area (Å²) in [6.07, 6.45) is 0. The molecule has 0 aliphatic heterocycles. The molecule has 0 aromatic heterocycles. The monoisotopic (exact) mass is 578 g/mol. The summed E-state index contributed by atoms with van der Waals surface area (Å²) in [5, 5.41) is 0. The molecule has 0 saturated carbocycles. The van der Waals surface area contributed by atoms with Crippen LogP contribution in [0.5, 0.6) is 23.0 Å². The normalized spacial score (nSPS) is 10.7. The molecule has 44 heavy (non-hydrogen) atoms. The Morgan fingerprint density at radius 3 is 1.68 bits per heavy atom. The quantitative estimate of drug-likeness (QED) is 0.171. The molecule has 6 aromatic rings. The fraction of sp³-hybridized carbons (Fsp3) is 0.100. The van der Waals surface area contributed by atoms with E-state index < -0.39 is 0 Å². The van der Waals surface area contributed by atoms with Gasteiger partial charge in [0, 0.05) is 17.2 Å². The number of para-hydroxylation sites is 1. The van der Waals surface area contributed by atoms with Gasteiger partial charge in [0.05, 0.1) is 28.4 Å². The highest BCUT2D eigenvalue weighted by Gasteiger charge is 2.19. The Labute approximate surface area is 259 Å². The van der Waals surface area contributed by atoms with Gasteiger partial charge in [0.15, 0.2) is 11.5 Å². The van der Waals surface area contributed by atoms with Crippen LogP contribution < -0.4 is 18.9 Å². The van der Waals surface area contributed by atoms with E-state index in [2.05, 4.69) is 103 Å². The zero-order valence-electron chi connectivity index (χ0n) is 25.3. The van der Waals surface area contributed by atoms with E-state index in [1.54, 1.807) is 28.4 Å². The van der Waals surface area contributed by atoms with Crippen LogP contribution in [-0.4, -0.2) is 28.4 Å². The van der Waals surface area contributed by atoms with Gasteiger partial charge in [-0.2, -0.15) is 0 Å². The van der Waals surface area contributed by atoms with Crippen molar-refractivity contribution in [3.63, 3.8) is 0 Å². The van der Waals surface area contributed by atoms with Crippen LogP contribution in [0.1, 0.15) is 0 Å². The third-order valence-corrected chi connectivity index (χ3v) is 7.93. The Balaban J connectivity index is 1.57. The summed E-state index contributed by atoms with van der Waals surface area (Å²) in [5.41, 5.74) is 10.8. The largest absolute Gasteiger partial charge is 0.497 e. The van der Waals surface area contributed by atoms with Gasteiger partial charge >= 0.3 is 0 Å². The van der Waals surface area contributed by atoms with E-state index in [0.29, 0.717) is 11.5 Å². The average molecular weight is 579 g/mol. The topological polar surface area (TPSA) is 36.9 Å². The van der Waals surface area contributed by atoms with Gasteiger partial charge in [-0.3, -0.25) is 0 Å². The van der Waals surface area contributed by atoms with E-state index in [1.807, 2.05) is 30.3 Å². The molecule has 0 saturated heterocycles.